The molecule has 0 aliphatic carbocycles. The minimum atomic E-state index is -1.61. The maximum atomic E-state index is 12.1. The summed E-state index contributed by atoms with van der Waals surface area (Å²) < 4.78 is 60.1. The van der Waals surface area contributed by atoms with E-state index >= 15 is 0 Å². The number of ether oxygens (including phenoxy) is 11. The molecule has 2 rings (SSSR count). The van der Waals surface area contributed by atoms with Gasteiger partial charge in [-0.1, -0.05) is 0 Å². The zero-order valence-corrected chi connectivity index (χ0v) is 26.0. The molecule has 10 atom stereocenters. The first-order valence-corrected chi connectivity index (χ1v) is 13.7. The third-order valence-corrected chi connectivity index (χ3v) is 6.10. The third kappa shape index (κ3) is 11.2. The summed E-state index contributed by atoms with van der Waals surface area (Å²) in [5.74, 6) is -5.67. The molecule has 45 heavy (non-hydrogen) atoms. The van der Waals surface area contributed by atoms with E-state index in [1.54, 1.807) is 0 Å². The fourth-order valence-electron chi connectivity index (χ4n) is 4.69. The van der Waals surface area contributed by atoms with Crippen molar-refractivity contribution in [1.29, 1.82) is 0 Å². The van der Waals surface area contributed by atoms with Crippen molar-refractivity contribution in [2.24, 2.45) is 0 Å². The summed E-state index contributed by atoms with van der Waals surface area (Å²) in [7, 11) is 1.22. The molecule has 2 heterocycles. The van der Waals surface area contributed by atoms with E-state index in [9.17, 15) is 33.6 Å². The zero-order valence-electron chi connectivity index (χ0n) is 26.0. The molecule has 0 radical (unpaired) electrons. The molecule has 0 saturated carbocycles. The molecule has 0 unspecified atom stereocenters. The molecule has 18 heteroatoms. The third-order valence-electron chi connectivity index (χ3n) is 6.10. The van der Waals surface area contributed by atoms with Crippen LogP contribution < -0.4 is 0 Å². The van der Waals surface area contributed by atoms with Crippen molar-refractivity contribution in [2.45, 2.75) is 110 Å². The topological polar surface area (TPSA) is 221 Å². The second-order valence-electron chi connectivity index (χ2n) is 9.90. The first-order chi connectivity index (χ1) is 21.0. The van der Waals surface area contributed by atoms with Crippen LogP contribution in [0, 0.1) is 0 Å². The Morgan fingerprint density at radius 1 is 0.444 bits per heavy atom. The van der Waals surface area contributed by atoms with Crippen LogP contribution in [0.25, 0.3) is 0 Å². The van der Waals surface area contributed by atoms with Gasteiger partial charge in [-0.05, 0) is 0 Å². The standard InChI is InChI=1S/C27H38O18/c1-11(28)36-9-18-20(38-12(2)29)23(41-15(5)32)25(43-17(7)34)27(45-18)37-10-19-21(39-13(3)30)22(40-14(4)31)24(42-16(6)33)26(35-8)44-19/h18-27H,9-10H2,1-8H3/t18-,19-,20+,21+,22+,23+,24-,25-,26+,27-/m1/s1. The van der Waals surface area contributed by atoms with Gasteiger partial charge in [0.25, 0.3) is 0 Å². The van der Waals surface area contributed by atoms with E-state index < -0.39 is 116 Å². The first kappa shape index (κ1) is 37.3. The van der Waals surface area contributed by atoms with Gasteiger partial charge < -0.3 is 52.1 Å². The molecule has 2 aliphatic heterocycles. The molecule has 0 bridgehead atoms. The number of hydrogen-bond donors (Lipinski definition) is 0. The average Bonchev–Trinajstić information content (AvgIpc) is 2.90. The Kier molecular flexibility index (Phi) is 14.1. The average molecular weight is 651 g/mol. The van der Waals surface area contributed by atoms with Crippen LogP contribution in [0.3, 0.4) is 0 Å². The lowest BCUT2D eigenvalue weighted by Crippen LogP contribution is -2.65. The van der Waals surface area contributed by atoms with Gasteiger partial charge in [0, 0.05) is 55.6 Å². The van der Waals surface area contributed by atoms with Crippen LogP contribution in [0.15, 0.2) is 0 Å². The van der Waals surface area contributed by atoms with E-state index in [-0.39, 0.29) is 0 Å². The van der Waals surface area contributed by atoms with Crippen molar-refractivity contribution in [3.8, 4) is 0 Å². The van der Waals surface area contributed by atoms with Crippen LogP contribution in [0.2, 0.25) is 0 Å². The maximum absolute atomic E-state index is 12.1. The van der Waals surface area contributed by atoms with Gasteiger partial charge in [-0.25, -0.2) is 0 Å². The largest absolute Gasteiger partial charge is 0.463 e. The molecule has 2 fully saturated rings. The fraction of sp³-hybridized carbons (Fsp3) is 0.741. The predicted octanol–water partition coefficient (Wildman–Crippen LogP) is -0.747. The molecule has 0 N–H and O–H groups in total. The van der Waals surface area contributed by atoms with E-state index in [2.05, 4.69) is 0 Å². The highest BCUT2D eigenvalue weighted by Gasteiger charge is 2.55. The molecule has 0 aromatic carbocycles. The predicted molar refractivity (Wildman–Crippen MR) is 140 cm³/mol. The highest BCUT2D eigenvalue weighted by atomic mass is 16.8. The highest BCUT2D eigenvalue weighted by Crippen LogP contribution is 2.33. The summed E-state index contributed by atoms with van der Waals surface area (Å²) in [5, 5.41) is 0. The minimum Gasteiger partial charge on any atom is -0.463 e. The lowest BCUT2D eigenvalue weighted by atomic mass is 9.97. The summed E-state index contributed by atoms with van der Waals surface area (Å²) in [6.07, 6.45) is -14.3. The van der Waals surface area contributed by atoms with Gasteiger partial charge in [0.1, 0.15) is 18.8 Å². The SMILES string of the molecule is CO[C@H]1O[C@H](CO[C@@H]2O[C@H](COC(C)=O)[C@H](OC(C)=O)[C@H](OC(C)=O)[C@H]2OC(C)=O)[C@H](OC(C)=O)[C@H](OC(C)=O)[C@H]1OC(C)=O. The van der Waals surface area contributed by atoms with E-state index in [0.717, 1.165) is 48.5 Å². The lowest BCUT2D eigenvalue weighted by molar-refractivity contribution is -0.332. The van der Waals surface area contributed by atoms with Crippen molar-refractivity contribution < 1.29 is 85.7 Å². The number of rotatable bonds is 12. The summed E-state index contributed by atoms with van der Waals surface area (Å²) in [6.45, 7) is 6.49. The normalized spacial score (nSPS) is 31.0. The van der Waals surface area contributed by atoms with E-state index in [4.69, 9.17) is 52.1 Å². The molecular formula is C27H38O18. The van der Waals surface area contributed by atoms with Crippen molar-refractivity contribution >= 4 is 41.8 Å². The summed E-state index contributed by atoms with van der Waals surface area (Å²) >= 11 is 0. The van der Waals surface area contributed by atoms with Crippen LogP contribution in [-0.4, -0.2) is 124 Å². The lowest BCUT2D eigenvalue weighted by Gasteiger charge is -2.46. The Hall–Kier alpha value is -3.87. The zero-order chi connectivity index (χ0) is 34.0. The smallest absolute Gasteiger partial charge is 0.303 e. The van der Waals surface area contributed by atoms with Crippen LogP contribution in [0.1, 0.15) is 48.5 Å². The maximum Gasteiger partial charge on any atom is 0.303 e. The van der Waals surface area contributed by atoms with Gasteiger partial charge in [-0.2, -0.15) is 0 Å². The quantitative estimate of drug-likeness (QED) is 0.187. The van der Waals surface area contributed by atoms with Crippen LogP contribution >= 0.6 is 0 Å². The van der Waals surface area contributed by atoms with Crippen LogP contribution in [-0.2, 0) is 85.7 Å². The number of esters is 7. The molecule has 0 aromatic heterocycles. The minimum absolute atomic E-state index is 0.502. The fourth-order valence-corrected chi connectivity index (χ4v) is 4.69. The summed E-state index contributed by atoms with van der Waals surface area (Å²) in [5.41, 5.74) is 0. The van der Waals surface area contributed by atoms with Gasteiger partial charge in [0.15, 0.2) is 49.2 Å². The van der Waals surface area contributed by atoms with Crippen molar-refractivity contribution in [2.75, 3.05) is 20.3 Å². The molecule has 18 nitrogen and oxygen atoms in total. The highest BCUT2D eigenvalue weighted by molar-refractivity contribution is 5.69. The van der Waals surface area contributed by atoms with E-state index in [1.165, 1.54) is 7.11 Å². The van der Waals surface area contributed by atoms with Crippen LogP contribution in [0.5, 0.6) is 0 Å². The van der Waals surface area contributed by atoms with Gasteiger partial charge in [-0.15, -0.1) is 0 Å². The van der Waals surface area contributed by atoms with E-state index in [0.29, 0.717) is 0 Å². The number of methoxy groups -OCH3 is 1. The Bertz CT molecular complexity index is 1110. The van der Waals surface area contributed by atoms with Gasteiger partial charge in [0.05, 0.1) is 6.61 Å². The van der Waals surface area contributed by atoms with Crippen molar-refractivity contribution in [3.05, 3.63) is 0 Å². The second-order valence-corrected chi connectivity index (χ2v) is 9.90. The Morgan fingerprint density at radius 3 is 1.16 bits per heavy atom. The monoisotopic (exact) mass is 650 g/mol. The Morgan fingerprint density at radius 2 is 0.778 bits per heavy atom. The molecule has 0 amide bonds. The first-order valence-electron chi connectivity index (χ1n) is 13.7. The molecule has 0 spiro atoms. The van der Waals surface area contributed by atoms with Gasteiger partial charge in [-0.3, -0.25) is 33.6 Å². The van der Waals surface area contributed by atoms with Crippen LogP contribution in [0.4, 0.5) is 0 Å². The Labute approximate surface area is 258 Å². The van der Waals surface area contributed by atoms with Gasteiger partial charge >= 0.3 is 41.8 Å². The molecule has 2 aliphatic rings. The summed E-state index contributed by atoms with van der Waals surface area (Å²) in [6, 6.07) is 0. The molecular weight excluding hydrogens is 612 g/mol. The van der Waals surface area contributed by atoms with Crippen molar-refractivity contribution in [1.82, 2.24) is 0 Å². The molecule has 0 aromatic rings. The molecule has 2 saturated heterocycles. The number of carbonyl (C=O) groups is 7. The number of hydrogen-bond acceptors (Lipinski definition) is 18. The second kappa shape index (κ2) is 17.0. The van der Waals surface area contributed by atoms with Gasteiger partial charge in [0.2, 0.25) is 0 Å². The van der Waals surface area contributed by atoms with Crippen molar-refractivity contribution in [3.63, 3.8) is 0 Å². The number of carbonyl (C=O) groups excluding carboxylic acids is 7. The Balaban J connectivity index is 2.51. The summed E-state index contributed by atoms with van der Waals surface area (Å²) in [4.78, 5) is 83.6. The molecule has 254 valence electrons. The van der Waals surface area contributed by atoms with E-state index in [1.807, 2.05) is 0 Å².